The number of nitrogens with zero attached hydrogens (tertiary/aromatic N) is 2. The maximum Gasteiger partial charge on any atom is 0.431 e. The van der Waals surface area contributed by atoms with E-state index < -0.39 is 27.9 Å². The van der Waals surface area contributed by atoms with Gasteiger partial charge in [0.1, 0.15) is 16.2 Å². The van der Waals surface area contributed by atoms with Crippen LogP contribution in [0.25, 0.3) is 22.3 Å². The second kappa shape index (κ2) is 6.91. The molecule has 0 saturated heterocycles. The summed E-state index contributed by atoms with van der Waals surface area (Å²) < 4.78 is 65.4. The monoisotopic (exact) mass is 400 g/mol. The fourth-order valence-electron chi connectivity index (χ4n) is 2.47. The van der Waals surface area contributed by atoms with Gasteiger partial charge in [0.25, 0.3) is 0 Å². The molecule has 1 atom stereocenters. The van der Waals surface area contributed by atoms with E-state index in [1.165, 1.54) is 31.3 Å². The molecule has 0 unspecified atom stereocenters. The molecule has 0 aromatic carbocycles. The van der Waals surface area contributed by atoms with E-state index in [4.69, 9.17) is 5.11 Å². The van der Waals surface area contributed by atoms with E-state index in [9.17, 15) is 21.6 Å². The summed E-state index contributed by atoms with van der Waals surface area (Å²) >= 11 is 0. The molecule has 3 aromatic rings. The van der Waals surface area contributed by atoms with Crippen molar-refractivity contribution >= 4 is 21.1 Å². The van der Waals surface area contributed by atoms with Gasteiger partial charge in [-0.1, -0.05) is 0 Å². The van der Waals surface area contributed by atoms with Crippen LogP contribution >= 0.6 is 0 Å². The number of aromatic nitrogens is 3. The smallest absolute Gasteiger partial charge is 0.395 e. The Hall–Kier alpha value is -2.50. The normalized spacial score (nSPS) is 13.8. The second-order valence-electron chi connectivity index (χ2n) is 5.89. The molecule has 27 heavy (non-hydrogen) atoms. The Bertz CT molecular complexity index is 1060. The molecule has 0 aliphatic heterocycles. The first kappa shape index (κ1) is 19.3. The fourth-order valence-corrected chi connectivity index (χ4v) is 3.65. The van der Waals surface area contributed by atoms with Gasteiger partial charge >= 0.3 is 6.18 Å². The van der Waals surface area contributed by atoms with Crippen molar-refractivity contribution in [1.82, 2.24) is 19.7 Å². The van der Waals surface area contributed by atoms with Crippen molar-refractivity contribution in [3.05, 3.63) is 42.4 Å². The van der Waals surface area contributed by atoms with Crippen LogP contribution in [-0.2, 0) is 16.2 Å². The van der Waals surface area contributed by atoms with E-state index in [1.54, 1.807) is 0 Å². The molecular formula is C16H15F3N4O3S. The number of rotatable bonds is 5. The summed E-state index contributed by atoms with van der Waals surface area (Å²) in [6.45, 7) is 1.13. The Morgan fingerprint density at radius 3 is 2.59 bits per heavy atom. The average Bonchev–Trinajstić information content (AvgIpc) is 3.06. The molecule has 7 nitrogen and oxygen atoms in total. The summed E-state index contributed by atoms with van der Waals surface area (Å²) in [6.07, 6.45) is -2.10. The number of alkyl halides is 3. The van der Waals surface area contributed by atoms with Gasteiger partial charge in [-0.3, -0.25) is 4.98 Å². The number of aliphatic hydroxyl groups is 1. The number of sulfonamides is 1. The van der Waals surface area contributed by atoms with E-state index >= 15 is 0 Å². The number of pyridine rings is 2. The number of aliphatic hydroxyl groups excluding tert-OH is 1. The lowest BCUT2D eigenvalue weighted by Gasteiger charge is -2.11. The highest BCUT2D eigenvalue weighted by atomic mass is 32.2. The zero-order valence-electron chi connectivity index (χ0n) is 13.9. The van der Waals surface area contributed by atoms with Crippen molar-refractivity contribution in [2.75, 3.05) is 6.61 Å². The van der Waals surface area contributed by atoms with Gasteiger partial charge in [0.2, 0.25) is 10.0 Å². The molecule has 3 heterocycles. The van der Waals surface area contributed by atoms with Crippen LogP contribution in [0.4, 0.5) is 13.2 Å². The lowest BCUT2D eigenvalue weighted by Crippen LogP contribution is -2.35. The van der Waals surface area contributed by atoms with Crippen molar-refractivity contribution in [1.29, 1.82) is 0 Å². The number of halogens is 3. The highest BCUT2D eigenvalue weighted by Crippen LogP contribution is 2.34. The molecule has 0 aliphatic carbocycles. The SMILES string of the molecule is C[C@@H](CO)NS(=O)(=O)c1ccc(-c2ccnc3[nH]c(C(F)(F)F)cc23)nc1. The first-order valence-electron chi connectivity index (χ1n) is 7.76. The van der Waals surface area contributed by atoms with Gasteiger partial charge in [-0.2, -0.15) is 13.2 Å². The van der Waals surface area contributed by atoms with Crippen molar-refractivity contribution in [3.63, 3.8) is 0 Å². The molecule has 0 fully saturated rings. The van der Waals surface area contributed by atoms with Crippen LogP contribution in [-0.4, -0.2) is 41.1 Å². The van der Waals surface area contributed by atoms with Crippen LogP contribution in [0.2, 0.25) is 0 Å². The summed E-state index contributed by atoms with van der Waals surface area (Å²) in [5.74, 6) is 0. The minimum Gasteiger partial charge on any atom is -0.395 e. The fraction of sp³-hybridized carbons (Fsp3) is 0.250. The molecule has 144 valence electrons. The van der Waals surface area contributed by atoms with Crippen LogP contribution in [0.1, 0.15) is 12.6 Å². The standard InChI is InChI=1S/C16H15F3N4O3S/c1-9(8-24)23-27(25,26)10-2-3-13(21-7-10)11-4-5-20-15-12(11)6-14(22-15)16(17,18)19/h2-7,9,23-24H,8H2,1H3,(H,20,22)/t9-/m0/s1. The van der Waals surface area contributed by atoms with Crippen LogP contribution in [0, 0.1) is 0 Å². The quantitative estimate of drug-likeness (QED) is 0.609. The highest BCUT2D eigenvalue weighted by Gasteiger charge is 2.33. The zero-order valence-corrected chi connectivity index (χ0v) is 14.8. The summed E-state index contributed by atoms with van der Waals surface area (Å²) in [5.41, 5.74) is -0.202. The first-order valence-corrected chi connectivity index (χ1v) is 9.24. The summed E-state index contributed by atoms with van der Waals surface area (Å²) in [7, 11) is -3.87. The lowest BCUT2D eigenvalue weighted by molar-refractivity contribution is -0.140. The highest BCUT2D eigenvalue weighted by molar-refractivity contribution is 7.89. The van der Waals surface area contributed by atoms with Crippen LogP contribution in [0.15, 0.2) is 41.6 Å². The van der Waals surface area contributed by atoms with Crippen molar-refractivity contribution in [3.8, 4) is 11.3 Å². The molecule has 0 aliphatic rings. The van der Waals surface area contributed by atoms with E-state index in [1.807, 2.05) is 0 Å². The maximum absolute atomic E-state index is 12.9. The third kappa shape index (κ3) is 3.94. The molecule has 0 bridgehead atoms. The zero-order chi connectivity index (χ0) is 19.8. The summed E-state index contributed by atoms with van der Waals surface area (Å²) in [6, 6.07) is 4.45. The number of fused-ring (bicyclic) bond motifs is 1. The number of hydrogen-bond donors (Lipinski definition) is 3. The molecule has 3 N–H and O–H groups in total. The van der Waals surface area contributed by atoms with Gasteiger partial charge in [-0.15, -0.1) is 0 Å². The Balaban J connectivity index is 2.00. The van der Waals surface area contributed by atoms with E-state index in [0.29, 0.717) is 11.3 Å². The lowest BCUT2D eigenvalue weighted by atomic mass is 10.1. The van der Waals surface area contributed by atoms with Gasteiger partial charge in [0, 0.05) is 29.4 Å². The van der Waals surface area contributed by atoms with Gasteiger partial charge < -0.3 is 10.1 Å². The largest absolute Gasteiger partial charge is 0.431 e. The predicted octanol–water partition coefficient (Wildman–Crippen LogP) is 2.30. The van der Waals surface area contributed by atoms with Crippen molar-refractivity contribution in [2.24, 2.45) is 0 Å². The first-order chi connectivity index (χ1) is 12.6. The molecule has 0 spiro atoms. The van der Waals surface area contributed by atoms with E-state index in [0.717, 1.165) is 12.3 Å². The van der Waals surface area contributed by atoms with Gasteiger partial charge in [0.05, 0.1) is 12.3 Å². The Morgan fingerprint density at radius 1 is 1.26 bits per heavy atom. The predicted molar refractivity (Wildman–Crippen MR) is 91.2 cm³/mol. The molecule has 11 heteroatoms. The second-order valence-corrected chi connectivity index (χ2v) is 7.60. The third-order valence-electron chi connectivity index (χ3n) is 3.79. The van der Waals surface area contributed by atoms with Crippen molar-refractivity contribution in [2.45, 2.75) is 24.0 Å². The van der Waals surface area contributed by atoms with Crippen LogP contribution in [0.5, 0.6) is 0 Å². The molecule has 0 amide bonds. The Morgan fingerprint density at radius 2 is 2.00 bits per heavy atom. The van der Waals surface area contributed by atoms with Gasteiger partial charge in [-0.05, 0) is 31.2 Å². The summed E-state index contributed by atoms with van der Waals surface area (Å²) in [4.78, 5) is 10.0. The number of H-pyrrole nitrogens is 1. The molecule has 0 radical (unpaired) electrons. The average molecular weight is 400 g/mol. The number of nitrogens with one attached hydrogen (secondary N) is 2. The number of hydrogen-bond acceptors (Lipinski definition) is 5. The maximum atomic E-state index is 12.9. The Labute approximate surface area is 152 Å². The molecular weight excluding hydrogens is 385 g/mol. The van der Waals surface area contributed by atoms with Crippen molar-refractivity contribution < 1.29 is 26.7 Å². The van der Waals surface area contributed by atoms with E-state index in [-0.39, 0.29) is 22.5 Å². The van der Waals surface area contributed by atoms with Gasteiger partial charge in [0.15, 0.2) is 0 Å². The minimum atomic E-state index is -4.54. The van der Waals surface area contributed by atoms with Gasteiger partial charge in [-0.25, -0.2) is 18.1 Å². The van der Waals surface area contributed by atoms with E-state index in [2.05, 4.69) is 19.7 Å². The molecule has 3 aromatic heterocycles. The van der Waals surface area contributed by atoms with Crippen LogP contribution in [0.3, 0.4) is 0 Å². The number of aromatic amines is 1. The van der Waals surface area contributed by atoms with Crippen LogP contribution < -0.4 is 4.72 Å². The Kier molecular flexibility index (Phi) is 4.93. The molecule has 0 saturated carbocycles. The summed E-state index contributed by atoms with van der Waals surface area (Å²) in [5, 5.41) is 9.19. The minimum absolute atomic E-state index is 0.0526. The molecule has 3 rings (SSSR count). The topological polar surface area (TPSA) is 108 Å². The third-order valence-corrected chi connectivity index (χ3v) is 5.36.